The zero-order valence-electron chi connectivity index (χ0n) is 16.0. The first-order valence-corrected chi connectivity index (χ1v) is 9.35. The van der Waals surface area contributed by atoms with E-state index in [9.17, 15) is 9.59 Å². The maximum atomic E-state index is 13.0. The summed E-state index contributed by atoms with van der Waals surface area (Å²) in [5, 5.41) is 0. The van der Waals surface area contributed by atoms with Crippen LogP contribution in [0.4, 0.5) is 5.69 Å². The third kappa shape index (κ3) is 3.31. The van der Waals surface area contributed by atoms with E-state index in [1.54, 1.807) is 28.2 Å². The van der Waals surface area contributed by atoms with E-state index in [0.717, 1.165) is 22.6 Å². The van der Waals surface area contributed by atoms with Crippen LogP contribution in [0.3, 0.4) is 0 Å². The van der Waals surface area contributed by atoms with E-state index >= 15 is 0 Å². The van der Waals surface area contributed by atoms with Gasteiger partial charge in [0, 0.05) is 29.4 Å². The monoisotopic (exact) mass is 374 g/mol. The zero-order chi connectivity index (χ0) is 19.7. The summed E-state index contributed by atoms with van der Waals surface area (Å²) in [6, 6.07) is 18.8. The summed E-state index contributed by atoms with van der Waals surface area (Å²) in [7, 11) is 0. The van der Waals surface area contributed by atoms with Crippen molar-refractivity contribution in [3.8, 4) is 11.3 Å². The summed E-state index contributed by atoms with van der Waals surface area (Å²) in [4.78, 5) is 29.2. The van der Waals surface area contributed by atoms with Crippen molar-refractivity contribution in [3.63, 3.8) is 0 Å². The molecule has 0 N–H and O–H groups in total. The van der Waals surface area contributed by atoms with Crippen LogP contribution in [0.2, 0.25) is 0 Å². The third-order valence-corrected chi connectivity index (χ3v) is 5.19. The Morgan fingerprint density at radius 1 is 1.04 bits per heavy atom. The van der Waals surface area contributed by atoms with Crippen LogP contribution in [0.15, 0.2) is 71.3 Å². The summed E-state index contributed by atoms with van der Waals surface area (Å²) >= 11 is 0. The smallest absolute Gasteiger partial charge is 0.254 e. The molecule has 0 bridgehead atoms. The van der Waals surface area contributed by atoms with Gasteiger partial charge in [-0.15, -0.1) is 0 Å². The standard InChI is InChI=1S/C23H22N2O3/c1-16-6-3-4-7-20(16)25-14-17(2)24(15-22(25)26)23(27)19-11-9-18(10-12-19)21-8-5-13-28-21/h3-13,17H,14-15H2,1-2H3/t17-/m0/s1. The van der Waals surface area contributed by atoms with Gasteiger partial charge in [-0.05, 0) is 49.7 Å². The molecule has 0 unspecified atom stereocenters. The van der Waals surface area contributed by atoms with Crippen molar-refractivity contribution >= 4 is 17.5 Å². The summed E-state index contributed by atoms with van der Waals surface area (Å²) in [6.07, 6.45) is 1.62. The highest BCUT2D eigenvalue weighted by molar-refractivity contribution is 6.02. The number of carbonyl (C=O) groups is 2. The number of rotatable bonds is 3. The molecule has 2 amide bonds. The predicted octanol–water partition coefficient (Wildman–Crippen LogP) is 4.13. The Kier molecular flexibility index (Phi) is 4.74. The first-order chi connectivity index (χ1) is 13.5. The molecular weight excluding hydrogens is 352 g/mol. The van der Waals surface area contributed by atoms with Gasteiger partial charge >= 0.3 is 0 Å². The number of amides is 2. The molecule has 1 aliphatic heterocycles. The number of carbonyl (C=O) groups excluding carboxylic acids is 2. The number of benzene rings is 2. The van der Waals surface area contributed by atoms with Gasteiger partial charge < -0.3 is 14.2 Å². The van der Waals surface area contributed by atoms with Gasteiger partial charge in [0.05, 0.1) is 6.26 Å². The van der Waals surface area contributed by atoms with Crippen molar-refractivity contribution in [2.75, 3.05) is 18.0 Å². The molecule has 5 nitrogen and oxygen atoms in total. The number of piperazine rings is 1. The molecule has 2 heterocycles. The second-order valence-electron chi connectivity index (χ2n) is 7.13. The predicted molar refractivity (Wildman–Crippen MR) is 108 cm³/mol. The van der Waals surface area contributed by atoms with Gasteiger partial charge in [-0.25, -0.2) is 0 Å². The maximum absolute atomic E-state index is 13.0. The van der Waals surface area contributed by atoms with Gasteiger partial charge in [0.1, 0.15) is 12.3 Å². The number of anilines is 1. The Hall–Kier alpha value is -3.34. The fraction of sp³-hybridized carbons (Fsp3) is 0.217. The van der Waals surface area contributed by atoms with Crippen LogP contribution in [0.25, 0.3) is 11.3 Å². The fourth-order valence-corrected chi connectivity index (χ4v) is 3.61. The van der Waals surface area contributed by atoms with Crippen molar-refractivity contribution < 1.29 is 14.0 Å². The van der Waals surface area contributed by atoms with E-state index in [0.29, 0.717) is 12.1 Å². The maximum Gasteiger partial charge on any atom is 0.254 e. The molecule has 1 aromatic heterocycles. The van der Waals surface area contributed by atoms with Crippen LogP contribution in [0.5, 0.6) is 0 Å². The number of hydrogen-bond acceptors (Lipinski definition) is 3. The summed E-state index contributed by atoms with van der Waals surface area (Å²) in [6.45, 7) is 4.53. The van der Waals surface area contributed by atoms with Crippen molar-refractivity contribution in [3.05, 3.63) is 78.1 Å². The number of furan rings is 1. The van der Waals surface area contributed by atoms with Crippen LogP contribution in [0, 0.1) is 6.92 Å². The van der Waals surface area contributed by atoms with E-state index in [4.69, 9.17) is 4.42 Å². The number of hydrogen-bond donors (Lipinski definition) is 0. The molecule has 4 rings (SSSR count). The largest absolute Gasteiger partial charge is 0.464 e. The molecule has 0 aliphatic carbocycles. The average molecular weight is 374 g/mol. The van der Waals surface area contributed by atoms with Crippen LogP contribution >= 0.6 is 0 Å². The molecule has 1 aliphatic rings. The molecule has 3 aromatic rings. The van der Waals surface area contributed by atoms with E-state index in [1.807, 2.05) is 62.4 Å². The Labute approximate surface area is 164 Å². The van der Waals surface area contributed by atoms with Gasteiger partial charge in [0.25, 0.3) is 5.91 Å². The van der Waals surface area contributed by atoms with E-state index in [1.165, 1.54) is 0 Å². The molecule has 0 radical (unpaired) electrons. The lowest BCUT2D eigenvalue weighted by molar-refractivity contribution is -0.121. The van der Waals surface area contributed by atoms with Gasteiger partial charge in [0.15, 0.2) is 0 Å². The molecule has 0 spiro atoms. The summed E-state index contributed by atoms with van der Waals surface area (Å²) in [5.74, 6) is 0.568. The lowest BCUT2D eigenvalue weighted by Gasteiger charge is -2.40. The zero-order valence-corrected chi connectivity index (χ0v) is 16.0. The highest BCUT2D eigenvalue weighted by atomic mass is 16.3. The Bertz CT molecular complexity index is 993. The highest BCUT2D eigenvalue weighted by Crippen LogP contribution is 2.25. The first kappa shape index (κ1) is 18.0. The normalized spacial score (nSPS) is 17.1. The first-order valence-electron chi connectivity index (χ1n) is 9.35. The second-order valence-corrected chi connectivity index (χ2v) is 7.13. The minimum absolute atomic E-state index is 0.0621. The summed E-state index contributed by atoms with van der Waals surface area (Å²) < 4.78 is 5.39. The lowest BCUT2D eigenvalue weighted by Crippen LogP contribution is -2.57. The van der Waals surface area contributed by atoms with E-state index in [-0.39, 0.29) is 24.4 Å². The number of aryl methyl sites for hydroxylation is 1. The lowest BCUT2D eigenvalue weighted by atomic mass is 10.1. The molecule has 0 saturated carbocycles. The molecule has 142 valence electrons. The van der Waals surface area contributed by atoms with Crippen LogP contribution in [-0.4, -0.2) is 35.8 Å². The van der Waals surface area contributed by atoms with Crippen molar-refractivity contribution in [1.29, 1.82) is 0 Å². The molecular formula is C23H22N2O3. The molecule has 28 heavy (non-hydrogen) atoms. The van der Waals surface area contributed by atoms with Gasteiger partial charge in [-0.1, -0.05) is 30.3 Å². The van der Waals surface area contributed by atoms with Crippen LogP contribution < -0.4 is 4.90 Å². The van der Waals surface area contributed by atoms with E-state index < -0.39 is 0 Å². The quantitative estimate of drug-likeness (QED) is 0.693. The minimum atomic E-state index is -0.128. The molecule has 5 heteroatoms. The molecule has 1 atom stereocenters. The van der Waals surface area contributed by atoms with Crippen molar-refractivity contribution in [2.24, 2.45) is 0 Å². The molecule has 1 saturated heterocycles. The SMILES string of the molecule is Cc1ccccc1N1C[C@H](C)N(C(=O)c2ccc(-c3ccco3)cc2)CC1=O. The molecule has 1 fully saturated rings. The second kappa shape index (κ2) is 7.35. The molecule has 2 aromatic carbocycles. The van der Waals surface area contributed by atoms with Crippen LogP contribution in [-0.2, 0) is 4.79 Å². The van der Waals surface area contributed by atoms with E-state index in [2.05, 4.69) is 0 Å². The number of nitrogens with zero attached hydrogens (tertiary/aromatic N) is 2. The highest BCUT2D eigenvalue weighted by Gasteiger charge is 2.34. The Balaban J connectivity index is 1.51. The van der Waals surface area contributed by atoms with Crippen molar-refractivity contribution in [2.45, 2.75) is 19.9 Å². The van der Waals surface area contributed by atoms with Gasteiger partial charge in [-0.3, -0.25) is 9.59 Å². The van der Waals surface area contributed by atoms with Gasteiger partial charge in [-0.2, -0.15) is 0 Å². The van der Waals surface area contributed by atoms with Gasteiger partial charge in [0.2, 0.25) is 5.91 Å². The fourth-order valence-electron chi connectivity index (χ4n) is 3.61. The average Bonchev–Trinajstić information content (AvgIpc) is 3.24. The Morgan fingerprint density at radius 2 is 1.79 bits per heavy atom. The van der Waals surface area contributed by atoms with Crippen LogP contribution in [0.1, 0.15) is 22.8 Å². The Morgan fingerprint density at radius 3 is 2.46 bits per heavy atom. The third-order valence-electron chi connectivity index (χ3n) is 5.19. The summed E-state index contributed by atoms with van der Waals surface area (Å²) in [5.41, 5.74) is 3.44. The minimum Gasteiger partial charge on any atom is -0.464 e. The topological polar surface area (TPSA) is 53.8 Å². The van der Waals surface area contributed by atoms with Crippen molar-refractivity contribution in [1.82, 2.24) is 4.90 Å². The number of para-hydroxylation sites is 1.